The predicted octanol–water partition coefficient (Wildman–Crippen LogP) is -1.54. The quantitative estimate of drug-likeness (QED) is 0.370. The summed E-state index contributed by atoms with van der Waals surface area (Å²) in [6.07, 6.45) is 0. The first kappa shape index (κ1) is 5.03. The van der Waals surface area contributed by atoms with Crippen LogP contribution in [0.15, 0.2) is 0 Å². The van der Waals surface area contributed by atoms with Gasteiger partial charge in [-0.05, 0) is 7.05 Å². The molecular weight excluding hydrogens is 90.1 g/mol. The molecule has 7 heavy (non-hydrogen) atoms. The average Bonchev–Trinajstić information content (AvgIpc) is 2.22. The Morgan fingerprint density at radius 2 is 2.57 bits per heavy atom. The monoisotopic (exact) mass is 101 g/mol. The highest BCUT2D eigenvalue weighted by atomic mass is 15.3. The molecule has 1 atom stereocenters. The molecule has 0 aliphatic carbocycles. The first-order chi connectivity index (χ1) is 3.27. The molecule has 3 heteroatoms. The highest BCUT2D eigenvalue weighted by Gasteiger charge is 2.35. The van der Waals surface area contributed by atoms with Crippen LogP contribution in [0, 0.1) is 0 Å². The molecule has 0 spiro atoms. The summed E-state index contributed by atoms with van der Waals surface area (Å²) in [6.45, 7) is 1.82. The molecule has 1 aliphatic heterocycles. The van der Waals surface area contributed by atoms with E-state index >= 15 is 0 Å². The molecule has 0 radical (unpaired) electrons. The number of hydrogen-bond acceptors (Lipinski definition) is 3. The molecule has 1 fully saturated rings. The van der Waals surface area contributed by atoms with E-state index in [4.69, 9.17) is 5.73 Å². The zero-order valence-electron chi connectivity index (χ0n) is 4.49. The van der Waals surface area contributed by atoms with Crippen molar-refractivity contribution < 1.29 is 0 Å². The molecule has 1 rings (SSSR count). The fourth-order valence-electron chi connectivity index (χ4n) is 0.554. The van der Waals surface area contributed by atoms with E-state index in [9.17, 15) is 0 Å². The van der Waals surface area contributed by atoms with Crippen LogP contribution in [0.25, 0.3) is 0 Å². The summed E-state index contributed by atoms with van der Waals surface area (Å²) >= 11 is 0. The van der Waals surface area contributed by atoms with E-state index in [-0.39, 0.29) is 5.66 Å². The molecule has 1 unspecified atom stereocenters. The van der Waals surface area contributed by atoms with Gasteiger partial charge in [-0.1, -0.05) is 0 Å². The second kappa shape index (κ2) is 1.43. The Morgan fingerprint density at radius 1 is 2.00 bits per heavy atom. The van der Waals surface area contributed by atoms with Crippen LogP contribution in [-0.2, 0) is 0 Å². The normalized spacial score (nSPS) is 38.6. The lowest BCUT2D eigenvalue weighted by Crippen LogP contribution is -2.38. The number of hydrogen-bond donors (Lipinski definition) is 3. The molecule has 4 N–H and O–H groups in total. The molecule has 1 saturated heterocycles. The largest absolute Gasteiger partial charge is 0.317 e. The van der Waals surface area contributed by atoms with Crippen LogP contribution < -0.4 is 16.4 Å². The van der Waals surface area contributed by atoms with E-state index in [0.29, 0.717) is 0 Å². The van der Waals surface area contributed by atoms with Gasteiger partial charge >= 0.3 is 0 Å². The van der Waals surface area contributed by atoms with Gasteiger partial charge in [-0.2, -0.15) is 0 Å². The maximum Gasteiger partial charge on any atom is 0.0919 e. The van der Waals surface area contributed by atoms with Gasteiger partial charge in [0.1, 0.15) is 0 Å². The van der Waals surface area contributed by atoms with Gasteiger partial charge < -0.3 is 11.1 Å². The predicted molar refractivity (Wildman–Crippen MR) is 28.8 cm³/mol. The van der Waals surface area contributed by atoms with Gasteiger partial charge in [0.05, 0.1) is 5.66 Å². The van der Waals surface area contributed by atoms with Gasteiger partial charge in [-0.15, -0.1) is 0 Å². The molecule has 0 aromatic heterocycles. The standard InChI is InChI=1S/C4H11N3/c1-6-2-4(5)3-7-4/h6-7H,2-3,5H2,1H3. The van der Waals surface area contributed by atoms with Crippen LogP contribution in [0.3, 0.4) is 0 Å². The van der Waals surface area contributed by atoms with Crippen molar-refractivity contribution >= 4 is 0 Å². The van der Waals surface area contributed by atoms with E-state index < -0.39 is 0 Å². The van der Waals surface area contributed by atoms with Crippen LogP contribution >= 0.6 is 0 Å². The zero-order chi connectivity index (χ0) is 5.33. The first-order valence-corrected chi connectivity index (χ1v) is 2.45. The third-order valence-electron chi connectivity index (χ3n) is 1.12. The molecule has 0 amide bonds. The summed E-state index contributed by atoms with van der Waals surface area (Å²) in [5, 5.41) is 6.01. The fourth-order valence-corrected chi connectivity index (χ4v) is 0.554. The van der Waals surface area contributed by atoms with Crippen molar-refractivity contribution in [3.63, 3.8) is 0 Å². The van der Waals surface area contributed by atoms with Crippen molar-refractivity contribution in [2.24, 2.45) is 5.73 Å². The lowest BCUT2D eigenvalue weighted by atomic mass is 10.3. The van der Waals surface area contributed by atoms with E-state index in [1.165, 1.54) is 0 Å². The fraction of sp³-hybridized carbons (Fsp3) is 1.00. The maximum atomic E-state index is 5.58. The summed E-state index contributed by atoms with van der Waals surface area (Å²) in [5.41, 5.74) is 5.52. The Morgan fingerprint density at radius 3 is 2.71 bits per heavy atom. The first-order valence-electron chi connectivity index (χ1n) is 2.45. The number of rotatable bonds is 2. The Labute approximate surface area is 43.3 Å². The summed E-state index contributed by atoms with van der Waals surface area (Å²) in [7, 11) is 1.90. The van der Waals surface area contributed by atoms with Crippen molar-refractivity contribution in [3.05, 3.63) is 0 Å². The summed E-state index contributed by atoms with van der Waals surface area (Å²) < 4.78 is 0. The second-order valence-corrected chi connectivity index (χ2v) is 2.04. The zero-order valence-corrected chi connectivity index (χ0v) is 4.49. The van der Waals surface area contributed by atoms with Crippen molar-refractivity contribution in [3.8, 4) is 0 Å². The Balaban J connectivity index is 2.13. The summed E-state index contributed by atoms with van der Waals surface area (Å²) in [5.74, 6) is 0. The molecule has 1 heterocycles. The van der Waals surface area contributed by atoms with Crippen LogP contribution in [0.2, 0.25) is 0 Å². The number of nitrogens with two attached hydrogens (primary N) is 1. The van der Waals surface area contributed by atoms with E-state index in [0.717, 1.165) is 13.1 Å². The van der Waals surface area contributed by atoms with Crippen LogP contribution in [0.1, 0.15) is 0 Å². The van der Waals surface area contributed by atoms with E-state index in [1.807, 2.05) is 7.05 Å². The van der Waals surface area contributed by atoms with Gasteiger partial charge in [0.15, 0.2) is 0 Å². The van der Waals surface area contributed by atoms with Gasteiger partial charge in [-0.25, -0.2) is 0 Å². The number of nitrogens with one attached hydrogen (secondary N) is 2. The molecule has 3 nitrogen and oxygen atoms in total. The van der Waals surface area contributed by atoms with Crippen LogP contribution in [0.4, 0.5) is 0 Å². The molecular formula is C4H11N3. The second-order valence-electron chi connectivity index (χ2n) is 2.04. The van der Waals surface area contributed by atoms with Gasteiger partial charge in [0.2, 0.25) is 0 Å². The van der Waals surface area contributed by atoms with Crippen molar-refractivity contribution in [2.45, 2.75) is 5.66 Å². The van der Waals surface area contributed by atoms with Gasteiger partial charge in [0, 0.05) is 13.1 Å². The third kappa shape index (κ3) is 1.12. The minimum atomic E-state index is -0.0608. The molecule has 0 aromatic carbocycles. The SMILES string of the molecule is CNCC1(N)CN1. The van der Waals surface area contributed by atoms with Gasteiger partial charge in [0.25, 0.3) is 0 Å². The van der Waals surface area contributed by atoms with E-state index in [2.05, 4.69) is 10.6 Å². The number of likely N-dealkylation sites (N-methyl/N-ethyl adjacent to an activating group) is 1. The Hall–Kier alpha value is -0.120. The van der Waals surface area contributed by atoms with E-state index in [1.54, 1.807) is 0 Å². The van der Waals surface area contributed by atoms with Crippen molar-refractivity contribution in [1.82, 2.24) is 10.6 Å². The molecule has 42 valence electrons. The van der Waals surface area contributed by atoms with Crippen LogP contribution in [0.5, 0.6) is 0 Å². The van der Waals surface area contributed by atoms with Crippen LogP contribution in [-0.4, -0.2) is 25.8 Å². The lowest BCUT2D eigenvalue weighted by molar-refractivity contribution is 0.603. The van der Waals surface area contributed by atoms with Gasteiger partial charge in [-0.3, -0.25) is 5.32 Å². The summed E-state index contributed by atoms with van der Waals surface area (Å²) in [4.78, 5) is 0. The average molecular weight is 101 g/mol. The Bertz CT molecular complexity index is 67.3. The highest BCUT2D eigenvalue weighted by molar-refractivity contribution is 4.99. The topological polar surface area (TPSA) is 60.0 Å². The molecule has 1 aliphatic rings. The van der Waals surface area contributed by atoms with Crippen molar-refractivity contribution in [2.75, 3.05) is 20.1 Å². The minimum absolute atomic E-state index is 0.0608. The Kier molecular flexibility index (Phi) is 1.03. The minimum Gasteiger partial charge on any atom is -0.317 e. The highest BCUT2D eigenvalue weighted by Crippen LogP contribution is 2.04. The van der Waals surface area contributed by atoms with Crippen molar-refractivity contribution in [1.29, 1.82) is 0 Å². The smallest absolute Gasteiger partial charge is 0.0919 e. The summed E-state index contributed by atoms with van der Waals surface area (Å²) in [6, 6.07) is 0. The molecule has 0 saturated carbocycles. The molecule has 0 aromatic rings. The third-order valence-corrected chi connectivity index (χ3v) is 1.12. The lowest BCUT2D eigenvalue weighted by Gasteiger charge is -2.02. The molecule has 0 bridgehead atoms. The maximum absolute atomic E-state index is 5.58.